The van der Waals surface area contributed by atoms with Crippen LogP contribution >= 0.6 is 0 Å². The van der Waals surface area contributed by atoms with Crippen LogP contribution in [0, 0.1) is 11.8 Å². The molecule has 0 aromatic carbocycles. The first kappa shape index (κ1) is 10.2. The Bertz CT molecular complexity index is 222. The maximum Gasteiger partial charge on any atom is 0.135 e. The van der Waals surface area contributed by atoms with E-state index in [4.69, 9.17) is 0 Å². The van der Waals surface area contributed by atoms with Crippen molar-refractivity contribution in [3.63, 3.8) is 0 Å². The van der Waals surface area contributed by atoms with Gasteiger partial charge in [0.05, 0.1) is 0 Å². The number of piperidine rings is 1. The third-order valence-electron chi connectivity index (χ3n) is 3.77. The number of hydrogen-bond donors (Lipinski definition) is 0. The van der Waals surface area contributed by atoms with Gasteiger partial charge in [0.25, 0.3) is 0 Å². The van der Waals surface area contributed by atoms with Gasteiger partial charge in [-0.1, -0.05) is 6.92 Å². The molecule has 1 aliphatic carbocycles. The van der Waals surface area contributed by atoms with Crippen LogP contribution in [0.25, 0.3) is 0 Å². The second-order valence-corrected chi connectivity index (χ2v) is 5.15. The van der Waals surface area contributed by atoms with E-state index in [0.717, 1.165) is 31.2 Å². The molecule has 2 atom stereocenters. The molecule has 1 heterocycles. The molecule has 1 aliphatic heterocycles. The fourth-order valence-corrected chi connectivity index (χ4v) is 2.50. The van der Waals surface area contributed by atoms with Crippen LogP contribution in [0.2, 0.25) is 0 Å². The van der Waals surface area contributed by atoms with Crippen molar-refractivity contribution in [1.82, 2.24) is 4.90 Å². The van der Waals surface area contributed by atoms with E-state index in [-0.39, 0.29) is 0 Å². The second kappa shape index (κ2) is 4.01. The SMILES string of the molecule is CC(CN1CCC(=O)CC1C)C1CC1. The summed E-state index contributed by atoms with van der Waals surface area (Å²) in [7, 11) is 0. The quantitative estimate of drug-likeness (QED) is 0.687. The molecule has 0 radical (unpaired) electrons. The molecule has 2 rings (SSSR count). The molecule has 80 valence electrons. The fourth-order valence-electron chi connectivity index (χ4n) is 2.50. The van der Waals surface area contributed by atoms with Crippen molar-refractivity contribution in [1.29, 1.82) is 0 Å². The Hall–Kier alpha value is -0.370. The molecule has 1 saturated heterocycles. The van der Waals surface area contributed by atoms with E-state index in [1.807, 2.05) is 0 Å². The highest BCUT2D eigenvalue weighted by Gasteiger charge is 2.31. The Balaban J connectivity index is 1.81. The monoisotopic (exact) mass is 195 g/mol. The molecular formula is C12H21NO. The van der Waals surface area contributed by atoms with Crippen LogP contribution in [0.4, 0.5) is 0 Å². The van der Waals surface area contributed by atoms with Gasteiger partial charge in [0.2, 0.25) is 0 Å². The van der Waals surface area contributed by atoms with Gasteiger partial charge in [-0.2, -0.15) is 0 Å². The number of Topliss-reactive ketones (excluding diaryl/α,β-unsaturated/α-hetero) is 1. The average molecular weight is 195 g/mol. The van der Waals surface area contributed by atoms with E-state index in [1.165, 1.54) is 19.4 Å². The first-order valence-electron chi connectivity index (χ1n) is 5.92. The van der Waals surface area contributed by atoms with Gasteiger partial charge < -0.3 is 0 Å². The van der Waals surface area contributed by atoms with Crippen molar-refractivity contribution >= 4 is 5.78 Å². The van der Waals surface area contributed by atoms with E-state index in [9.17, 15) is 4.79 Å². The van der Waals surface area contributed by atoms with E-state index < -0.39 is 0 Å². The van der Waals surface area contributed by atoms with Crippen molar-refractivity contribution in [2.45, 2.75) is 45.6 Å². The van der Waals surface area contributed by atoms with Crippen molar-refractivity contribution in [2.24, 2.45) is 11.8 Å². The summed E-state index contributed by atoms with van der Waals surface area (Å²) in [5.41, 5.74) is 0. The topological polar surface area (TPSA) is 20.3 Å². The molecule has 2 nitrogen and oxygen atoms in total. The zero-order valence-electron chi connectivity index (χ0n) is 9.33. The maximum atomic E-state index is 11.2. The van der Waals surface area contributed by atoms with Gasteiger partial charge in [-0.25, -0.2) is 0 Å². The molecule has 0 spiro atoms. The van der Waals surface area contributed by atoms with Gasteiger partial charge in [-0.3, -0.25) is 9.69 Å². The summed E-state index contributed by atoms with van der Waals surface area (Å²) in [6.07, 6.45) is 4.42. The number of hydrogen-bond acceptors (Lipinski definition) is 2. The molecule has 14 heavy (non-hydrogen) atoms. The van der Waals surface area contributed by atoms with Gasteiger partial charge in [-0.05, 0) is 31.6 Å². The minimum absolute atomic E-state index is 0.452. The highest BCUT2D eigenvalue weighted by molar-refractivity contribution is 5.79. The van der Waals surface area contributed by atoms with Crippen molar-refractivity contribution < 1.29 is 4.79 Å². The number of likely N-dealkylation sites (tertiary alicyclic amines) is 1. The highest BCUT2D eigenvalue weighted by Crippen LogP contribution is 2.37. The third-order valence-corrected chi connectivity index (χ3v) is 3.77. The Labute approximate surface area is 86.7 Å². The fraction of sp³-hybridized carbons (Fsp3) is 0.917. The van der Waals surface area contributed by atoms with Crippen LogP contribution in [0.1, 0.15) is 39.5 Å². The number of nitrogens with zero attached hydrogens (tertiary/aromatic N) is 1. The summed E-state index contributed by atoms with van der Waals surface area (Å²) in [5, 5.41) is 0. The summed E-state index contributed by atoms with van der Waals surface area (Å²) >= 11 is 0. The second-order valence-electron chi connectivity index (χ2n) is 5.15. The molecule has 0 bridgehead atoms. The Morgan fingerprint density at radius 2 is 2.21 bits per heavy atom. The normalized spacial score (nSPS) is 31.9. The van der Waals surface area contributed by atoms with Gasteiger partial charge in [-0.15, -0.1) is 0 Å². The average Bonchev–Trinajstić information content (AvgIpc) is 2.92. The lowest BCUT2D eigenvalue weighted by Crippen LogP contribution is -2.43. The zero-order chi connectivity index (χ0) is 10.1. The van der Waals surface area contributed by atoms with Gasteiger partial charge in [0.15, 0.2) is 0 Å². The van der Waals surface area contributed by atoms with Crippen LogP contribution in [0.15, 0.2) is 0 Å². The Morgan fingerprint density at radius 3 is 2.79 bits per heavy atom. The van der Waals surface area contributed by atoms with Gasteiger partial charge in [0.1, 0.15) is 5.78 Å². The van der Waals surface area contributed by atoms with Crippen molar-refractivity contribution in [2.75, 3.05) is 13.1 Å². The van der Waals surface area contributed by atoms with Crippen molar-refractivity contribution in [3.8, 4) is 0 Å². The lowest BCUT2D eigenvalue weighted by atomic mass is 9.99. The lowest BCUT2D eigenvalue weighted by molar-refractivity contribution is -0.123. The largest absolute Gasteiger partial charge is 0.300 e. The minimum atomic E-state index is 0.452. The lowest BCUT2D eigenvalue weighted by Gasteiger charge is -2.34. The summed E-state index contributed by atoms with van der Waals surface area (Å²) in [4.78, 5) is 13.7. The van der Waals surface area contributed by atoms with Crippen LogP contribution in [0.5, 0.6) is 0 Å². The highest BCUT2D eigenvalue weighted by atomic mass is 16.1. The summed E-state index contributed by atoms with van der Waals surface area (Å²) in [6.45, 7) is 6.76. The van der Waals surface area contributed by atoms with E-state index in [1.54, 1.807) is 0 Å². The molecule has 0 N–H and O–H groups in total. The van der Waals surface area contributed by atoms with E-state index in [0.29, 0.717) is 11.8 Å². The summed E-state index contributed by atoms with van der Waals surface area (Å²) in [5.74, 6) is 2.28. The minimum Gasteiger partial charge on any atom is -0.300 e. The van der Waals surface area contributed by atoms with E-state index in [2.05, 4.69) is 18.7 Å². The van der Waals surface area contributed by atoms with Crippen LogP contribution in [-0.2, 0) is 4.79 Å². The van der Waals surface area contributed by atoms with Crippen molar-refractivity contribution in [3.05, 3.63) is 0 Å². The molecule has 1 saturated carbocycles. The molecule has 0 aromatic heterocycles. The Kier molecular flexibility index (Phi) is 2.91. The Morgan fingerprint density at radius 1 is 1.50 bits per heavy atom. The van der Waals surface area contributed by atoms with Crippen LogP contribution < -0.4 is 0 Å². The summed E-state index contributed by atoms with van der Waals surface area (Å²) in [6, 6.07) is 0.484. The molecule has 2 aliphatic rings. The predicted octanol–water partition coefficient (Wildman–Crippen LogP) is 2.09. The first-order valence-corrected chi connectivity index (χ1v) is 5.92. The maximum absolute atomic E-state index is 11.2. The first-order chi connectivity index (χ1) is 6.66. The smallest absolute Gasteiger partial charge is 0.135 e. The van der Waals surface area contributed by atoms with Gasteiger partial charge in [0, 0.05) is 32.0 Å². The van der Waals surface area contributed by atoms with Gasteiger partial charge >= 0.3 is 0 Å². The van der Waals surface area contributed by atoms with E-state index >= 15 is 0 Å². The number of carbonyl (C=O) groups excluding carboxylic acids is 1. The van der Waals surface area contributed by atoms with Crippen LogP contribution in [-0.4, -0.2) is 29.8 Å². The zero-order valence-corrected chi connectivity index (χ0v) is 9.33. The third kappa shape index (κ3) is 2.35. The summed E-state index contributed by atoms with van der Waals surface area (Å²) < 4.78 is 0. The number of rotatable bonds is 3. The number of carbonyl (C=O) groups is 1. The molecule has 2 fully saturated rings. The standard InChI is InChI=1S/C12H21NO/c1-9(11-3-4-11)8-13-6-5-12(14)7-10(13)2/h9-11H,3-8H2,1-2H3. The number of ketones is 1. The molecule has 2 heteroatoms. The molecule has 0 aromatic rings. The van der Waals surface area contributed by atoms with Crippen LogP contribution in [0.3, 0.4) is 0 Å². The molecular weight excluding hydrogens is 174 g/mol. The molecule has 2 unspecified atom stereocenters. The predicted molar refractivity (Wildman–Crippen MR) is 57.2 cm³/mol. The molecule has 0 amide bonds.